The van der Waals surface area contributed by atoms with Gasteiger partial charge in [-0.3, -0.25) is 4.79 Å². The van der Waals surface area contributed by atoms with Gasteiger partial charge >= 0.3 is 6.15 Å². The summed E-state index contributed by atoms with van der Waals surface area (Å²) in [6.45, 7) is 1.90. The lowest BCUT2D eigenvalue weighted by molar-refractivity contribution is -0.191. The molecule has 0 spiro atoms. The van der Waals surface area contributed by atoms with E-state index in [1.807, 2.05) is 24.3 Å². The number of benzene rings is 2. The minimum absolute atomic E-state index is 0.127. The molecule has 2 aromatic rings. The Morgan fingerprint density at radius 1 is 1.11 bits per heavy atom. The van der Waals surface area contributed by atoms with E-state index < -0.39 is 0 Å². The molecule has 0 aromatic heterocycles. The number of amides is 1. The zero-order valence-corrected chi connectivity index (χ0v) is 15.8. The monoisotopic (exact) mass is 408 g/mol. The van der Waals surface area contributed by atoms with Gasteiger partial charge in [0.15, 0.2) is 0 Å². The smallest absolute Gasteiger partial charge is 0.370 e. The van der Waals surface area contributed by atoms with Gasteiger partial charge in [-0.05, 0) is 29.8 Å². The molecule has 1 aliphatic rings. The van der Waals surface area contributed by atoms with Crippen molar-refractivity contribution in [3.63, 3.8) is 0 Å². The van der Waals surface area contributed by atoms with E-state index in [0.717, 1.165) is 12.1 Å². The maximum atomic E-state index is 12.5. The van der Waals surface area contributed by atoms with Gasteiger partial charge in [0.2, 0.25) is 0 Å². The summed E-state index contributed by atoms with van der Waals surface area (Å²) in [6.07, 6.45) is -0.0394. The van der Waals surface area contributed by atoms with Crippen LogP contribution in [0, 0.1) is 0 Å². The van der Waals surface area contributed by atoms with Crippen molar-refractivity contribution in [3.05, 3.63) is 69.7 Å². The third-order valence-corrected chi connectivity index (χ3v) is 4.67. The minimum atomic E-state index is -0.289. The fraction of sp³-hybridized carbons (Fsp3) is 0.263. The van der Waals surface area contributed by atoms with Crippen LogP contribution in [-0.2, 0) is 14.3 Å². The van der Waals surface area contributed by atoms with Crippen LogP contribution in [-0.4, -0.2) is 37.8 Å². The summed E-state index contributed by atoms with van der Waals surface area (Å²) >= 11 is 12.1. The van der Waals surface area contributed by atoms with Crippen LogP contribution in [0.4, 0.5) is 0 Å². The summed E-state index contributed by atoms with van der Waals surface area (Å²) in [6, 6.07) is 14.3. The molecule has 1 saturated heterocycles. The van der Waals surface area contributed by atoms with E-state index in [1.165, 1.54) is 0 Å². The summed E-state index contributed by atoms with van der Waals surface area (Å²) in [5, 5.41) is 7.31. The standard InChI is InChI=1S/C18H18Cl2N2O2.CO2/c19-14-7-6-13(10-15(14)20)17-16(11-21-8-9-24-17)22-18(23)12-4-2-1-3-5-12;2-1-3/h1-7,10,16-17,21H,8-9,11H2,(H,22,23);/t16-,17+;/m1./s1. The summed E-state index contributed by atoms with van der Waals surface area (Å²) in [4.78, 5) is 28.7. The number of hydrogen-bond acceptors (Lipinski definition) is 5. The highest BCUT2D eigenvalue weighted by molar-refractivity contribution is 6.42. The maximum absolute atomic E-state index is 12.5. The Morgan fingerprint density at radius 3 is 2.48 bits per heavy atom. The molecule has 1 aliphatic heterocycles. The fourth-order valence-corrected chi connectivity index (χ4v) is 3.03. The first kappa shape index (κ1) is 21.1. The molecule has 1 heterocycles. The number of nitrogens with one attached hydrogen (secondary N) is 2. The Morgan fingerprint density at radius 2 is 1.81 bits per heavy atom. The Labute approximate surface area is 166 Å². The molecule has 27 heavy (non-hydrogen) atoms. The summed E-state index contributed by atoms with van der Waals surface area (Å²) in [7, 11) is 0. The number of ether oxygens (including phenoxy) is 1. The molecule has 3 rings (SSSR count). The molecular formula is C19H18Cl2N2O4. The second kappa shape index (κ2) is 10.8. The largest absolute Gasteiger partial charge is 0.373 e. The number of carbonyl (C=O) groups is 1. The van der Waals surface area contributed by atoms with Crippen molar-refractivity contribution in [2.45, 2.75) is 12.1 Å². The van der Waals surface area contributed by atoms with E-state index in [0.29, 0.717) is 28.8 Å². The predicted molar refractivity (Wildman–Crippen MR) is 101 cm³/mol. The normalized spacial score (nSPS) is 19.0. The van der Waals surface area contributed by atoms with E-state index in [2.05, 4.69) is 10.6 Å². The Kier molecular flexibility index (Phi) is 8.45. The third kappa shape index (κ3) is 6.17. The fourth-order valence-electron chi connectivity index (χ4n) is 2.72. The van der Waals surface area contributed by atoms with E-state index in [4.69, 9.17) is 37.5 Å². The molecule has 1 fully saturated rings. The van der Waals surface area contributed by atoms with Gasteiger partial charge in [-0.2, -0.15) is 9.59 Å². The lowest BCUT2D eigenvalue weighted by Gasteiger charge is -2.26. The molecule has 6 nitrogen and oxygen atoms in total. The number of rotatable bonds is 3. The van der Waals surface area contributed by atoms with Crippen LogP contribution in [0.25, 0.3) is 0 Å². The van der Waals surface area contributed by atoms with Crippen LogP contribution in [0.3, 0.4) is 0 Å². The molecule has 2 N–H and O–H groups in total. The molecule has 0 aliphatic carbocycles. The first-order chi connectivity index (χ1) is 13.1. The average Bonchev–Trinajstić information content (AvgIpc) is 2.91. The molecule has 0 unspecified atom stereocenters. The highest BCUT2D eigenvalue weighted by atomic mass is 35.5. The van der Waals surface area contributed by atoms with Crippen molar-refractivity contribution >= 4 is 35.3 Å². The molecule has 0 bridgehead atoms. The van der Waals surface area contributed by atoms with Crippen LogP contribution >= 0.6 is 23.2 Å². The average molecular weight is 409 g/mol. The van der Waals surface area contributed by atoms with E-state index in [9.17, 15) is 4.79 Å². The molecular weight excluding hydrogens is 391 g/mol. The molecule has 8 heteroatoms. The quantitative estimate of drug-likeness (QED) is 0.815. The van der Waals surface area contributed by atoms with Crippen LogP contribution in [0.2, 0.25) is 10.0 Å². The zero-order chi connectivity index (χ0) is 19.6. The van der Waals surface area contributed by atoms with Crippen LogP contribution in [0.5, 0.6) is 0 Å². The Bertz CT molecular complexity index is 796. The van der Waals surface area contributed by atoms with Gasteiger partial charge < -0.3 is 15.4 Å². The maximum Gasteiger partial charge on any atom is 0.373 e. The van der Waals surface area contributed by atoms with Gasteiger partial charge in [-0.15, -0.1) is 0 Å². The topological polar surface area (TPSA) is 84.5 Å². The third-order valence-electron chi connectivity index (χ3n) is 3.93. The van der Waals surface area contributed by atoms with Crippen LogP contribution in [0.1, 0.15) is 22.0 Å². The number of halogens is 2. The van der Waals surface area contributed by atoms with Crippen molar-refractivity contribution in [1.29, 1.82) is 0 Å². The summed E-state index contributed by atoms with van der Waals surface area (Å²) in [5.41, 5.74) is 1.51. The molecule has 0 radical (unpaired) electrons. The van der Waals surface area contributed by atoms with Crippen molar-refractivity contribution in [2.24, 2.45) is 0 Å². The zero-order valence-electron chi connectivity index (χ0n) is 14.3. The van der Waals surface area contributed by atoms with Crippen molar-refractivity contribution in [1.82, 2.24) is 10.6 Å². The first-order valence-electron chi connectivity index (χ1n) is 8.19. The van der Waals surface area contributed by atoms with Gasteiger partial charge in [-0.1, -0.05) is 47.5 Å². The molecule has 0 saturated carbocycles. The second-order valence-electron chi connectivity index (χ2n) is 5.70. The SMILES string of the molecule is O=C(N[C@@H]1CNCCO[C@H]1c1ccc(Cl)c(Cl)c1)c1ccccc1.O=C=O. The van der Waals surface area contributed by atoms with Gasteiger partial charge in [0.05, 0.1) is 22.7 Å². The van der Waals surface area contributed by atoms with Crippen molar-refractivity contribution in [3.8, 4) is 0 Å². The molecule has 2 aromatic carbocycles. The van der Waals surface area contributed by atoms with E-state index >= 15 is 0 Å². The van der Waals surface area contributed by atoms with Gasteiger partial charge in [0.1, 0.15) is 6.10 Å². The van der Waals surface area contributed by atoms with E-state index in [1.54, 1.807) is 24.3 Å². The van der Waals surface area contributed by atoms with Crippen molar-refractivity contribution in [2.75, 3.05) is 19.7 Å². The number of carbonyl (C=O) groups excluding carboxylic acids is 3. The summed E-state index contributed by atoms with van der Waals surface area (Å²) < 4.78 is 5.95. The highest BCUT2D eigenvalue weighted by Gasteiger charge is 2.28. The lowest BCUT2D eigenvalue weighted by atomic mass is 10.0. The Hall–Kier alpha value is -2.21. The minimum Gasteiger partial charge on any atom is -0.370 e. The number of hydrogen-bond donors (Lipinski definition) is 2. The summed E-state index contributed by atoms with van der Waals surface area (Å²) in [5.74, 6) is -0.127. The van der Waals surface area contributed by atoms with Gasteiger partial charge in [0.25, 0.3) is 5.91 Å². The molecule has 142 valence electrons. The van der Waals surface area contributed by atoms with Crippen molar-refractivity contribution < 1.29 is 19.1 Å². The molecule has 2 atom stereocenters. The first-order valence-corrected chi connectivity index (χ1v) is 8.95. The Balaban J connectivity index is 0.000000817. The highest BCUT2D eigenvalue weighted by Crippen LogP contribution is 2.29. The van der Waals surface area contributed by atoms with Crippen LogP contribution < -0.4 is 10.6 Å². The van der Waals surface area contributed by atoms with E-state index in [-0.39, 0.29) is 24.2 Å². The predicted octanol–water partition coefficient (Wildman–Crippen LogP) is 2.87. The van der Waals surface area contributed by atoms with Gasteiger partial charge in [-0.25, -0.2) is 0 Å². The second-order valence-corrected chi connectivity index (χ2v) is 6.51. The molecule has 1 amide bonds. The van der Waals surface area contributed by atoms with Gasteiger partial charge in [0, 0.05) is 18.7 Å². The van der Waals surface area contributed by atoms with Crippen LogP contribution in [0.15, 0.2) is 48.5 Å². The lowest BCUT2D eigenvalue weighted by Crippen LogP contribution is -2.44.